The average Bonchev–Trinajstić information content (AvgIpc) is 2.90. The van der Waals surface area contributed by atoms with E-state index in [1.54, 1.807) is 25.1 Å². The maximum Gasteiger partial charge on any atom is 0.240 e. The topological polar surface area (TPSA) is 92.4 Å². The Bertz CT molecular complexity index is 709. The third kappa shape index (κ3) is 3.90. The first kappa shape index (κ1) is 15.7. The van der Waals surface area contributed by atoms with Crippen LogP contribution in [0, 0.1) is 6.92 Å². The second-order valence-corrected chi connectivity index (χ2v) is 6.52. The van der Waals surface area contributed by atoms with Gasteiger partial charge in [-0.1, -0.05) is 24.2 Å². The summed E-state index contributed by atoms with van der Waals surface area (Å²) in [5.74, 6) is 0.445. The van der Waals surface area contributed by atoms with Crippen LogP contribution in [0.1, 0.15) is 36.5 Å². The van der Waals surface area contributed by atoms with E-state index in [-0.39, 0.29) is 11.4 Å². The summed E-state index contributed by atoms with van der Waals surface area (Å²) in [6.45, 7) is 3.62. The van der Waals surface area contributed by atoms with E-state index in [0.717, 1.165) is 0 Å². The van der Waals surface area contributed by atoms with Crippen molar-refractivity contribution in [2.45, 2.75) is 37.8 Å². The molecule has 1 aromatic heterocycles. The Morgan fingerprint density at radius 1 is 1.38 bits per heavy atom. The number of aliphatic hydroxyl groups is 1. The third-order valence-electron chi connectivity index (χ3n) is 3.05. The molecular weight excluding hydrogens is 292 g/mol. The fourth-order valence-corrected chi connectivity index (χ4v) is 2.92. The van der Waals surface area contributed by atoms with Gasteiger partial charge in [0.25, 0.3) is 0 Å². The van der Waals surface area contributed by atoms with Gasteiger partial charge in [0.05, 0.1) is 23.2 Å². The first-order chi connectivity index (χ1) is 9.92. The number of sulfonamides is 1. The number of aryl methyl sites for hydroxylation is 1. The molecule has 114 valence electrons. The van der Waals surface area contributed by atoms with E-state index in [1.807, 2.05) is 6.92 Å². The van der Waals surface area contributed by atoms with E-state index in [0.29, 0.717) is 23.4 Å². The van der Waals surface area contributed by atoms with Crippen molar-refractivity contribution in [1.29, 1.82) is 0 Å². The first-order valence-electron chi connectivity index (χ1n) is 6.62. The van der Waals surface area contributed by atoms with Crippen LogP contribution in [0.3, 0.4) is 0 Å². The fourth-order valence-electron chi connectivity index (χ4n) is 1.87. The number of aromatic nitrogens is 1. The van der Waals surface area contributed by atoms with Gasteiger partial charge in [-0.05, 0) is 31.0 Å². The highest BCUT2D eigenvalue weighted by atomic mass is 32.2. The van der Waals surface area contributed by atoms with Gasteiger partial charge in [0.15, 0.2) is 5.76 Å². The minimum Gasteiger partial charge on any atom is -0.388 e. The van der Waals surface area contributed by atoms with Gasteiger partial charge in [-0.15, -0.1) is 0 Å². The van der Waals surface area contributed by atoms with Crippen LogP contribution in [-0.4, -0.2) is 18.7 Å². The SMILES string of the molecule is CCC(O)c1cccc(S(=O)(=O)NCc2cc(C)no2)c1. The lowest BCUT2D eigenvalue weighted by molar-refractivity contribution is 0.173. The lowest BCUT2D eigenvalue weighted by Crippen LogP contribution is -2.23. The van der Waals surface area contributed by atoms with E-state index >= 15 is 0 Å². The molecule has 2 rings (SSSR count). The molecule has 1 atom stereocenters. The number of rotatable bonds is 6. The zero-order chi connectivity index (χ0) is 15.5. The van der Waals surface area contributed by atoms with Gasteiger partial charge in [-0.25, -0.2) is 13.1 Å². The van der Waals surface area contributed by atoms with Crippen molar-refractivity contribution < 1.29 is 18.0 Å². The van der Waals surface area contributed by atoms with Gasteiger partial charge in [0, 0.05) is 6.07 Å². The second-order valence-electron chi connectivity index (χ2n) is 4.76. The zero-order valence-electron chi connectivity index (χ0n) is 11.9. The van der Waals surface area contributed by atoms with Crippen molar-refractivity contribution in [1.82, 2.24) is 9.88 Å². The molecule has 0 bridgehead atoms. The van der Waals surface area contributed by atoms with Gasteiger partial charge in [-0.2, -0.15) is 0 Å². The zero-order valence-corrected chi connectivity index (χ0v) is 12.7. The van der Waals surface area contributed by atoms with Gasteiger partial charge in [0.1, 0.15) is 0 Å². The molecule has 2 N–H and O–H groups in total. The molecule has 0 saturated heterocycles. The Kier molecular flexibility index (Phi) is 4.76. The van der Waals surface area contributed by atoms with E-state index in [9.17, 15) is 13.5 Å². The smallest absolute Gasteiger partial charge is 0.240 e. The molecule has 7 heteroatoms. The third-order valence-corrected chi connectivity index (χ3v) is 4.45. The highest BCUT2D eigenvalue weighted by Gasteiger charge is 2.16. The van der Waals surface area contributed by atoms with E-state index < -0.39 is 16.1 Å². The maximum absolute atomic E-state index is 12.2. The lowest BCUT2D eigenvalue weighted by atomic mass is 10.1. The van der Waals surface area contributed by atoms with Crippen LogP contribution in [0.25, 0.3) is 0 Å². The van der Waals surface area contributed by atoms with E-state index in [4.69, 9.17) is 4.52 Å². The minimum absolute atomic E-state index is 0.0315. The predicted octanol–water partition coefficient (Wildman–Crippen LogP) is 1.90. The van der Waals surface area contributed by atoms with Crippen molar-refractivity contribution in [2.75, 3.05) is 0 Å². The molecule has 21 heavy (non-hydrogen) atoms. The van der Waals surface area contributed by atoms with Gasteiger partial charge in [0.2, 0.25) is 10.0 Å². The maximum atomic E-state index is 12.2. The van der Waals surface area contributed by atoms with Crippen molar-refractivity contribution in [3.05, 3.63) is 47.3 Å². The summed E-state index contributed by atoms with van der Waals surface area (Å²) >= 11 is 0. The molecule has 0 amide bonds. The monoisotopic (exact) mass is 310 g/mol. The quantitative estimate of drug-likeness (QED) is 0.850. The second kappa shape index (κ2) is 6.38. The number of hydrogen-bond acceptors (Lipinski definition) is 5. The molecule has 0 aliphatic heterocycles. The highest BCUT2D eigenvalue weighted by molar-refractivity contribution is 7.89. The molecule has 1 heterocycles. The van der Waals surface area contributed by atoms with Gasteiger partial charge >= 0.3 is 0 Å². The molecular formula is C14H18N2O4S. The summed E-state index contributed by atoms with van der Waals surface area (Å²) < 4.78 is 31.8. The summed E-state index contributed by atoms with van der Waals surface area (Å²) in [5, 5.41) is 13.5. The number of aliphatic hydroxyl groups excluding tert-OH is 1. The van der Waals surface area contributed by atoms with Crippen LogP contribution >= 0.6 is 0 Å². The molecule has 0 aliphatic carbocycles. The summed E-state index contributed by atoms with van der Waals surface area (Å²) in [6, 6.07) is 7.94. The van der Waals surface area contributed by atoms with Crippen LogP contribution in [0.15, 0.2) is 39.8 Å². The number of nitrogens with one attached hydrogen (secondary N) is 1. The molecule has 6 nitrogen and oxygen atoms in total. The van der Waals surface area contributed by atoms with E-state index in [1.165, 1.54) is 12.1 Å². The predicted molar refractivity (Wildman–Crippen MR) is 77.0 cm³/mol. The highest BCUT2D eigenvalue weighted by Crippen LogP contribution is 2.20. The van der Waals surface area contributed by atoms with Crippen LogP contribution in [-0.2, 0) is 16.6 Å². The van der Waals surface area contributed by atoms with Gasteiger partial charge < -0.3 is 9.63 Å². The molecule has 0 spiro atoms. The molecule has 1 unspecified atom stereocenters. The van der Waals surface area contributed by atoms with Crippen molar-refractivity contribution in [2.24, 2.45) is 0 Å². The summed E-state index contributed by atoms with van der Waals surface area (Å²) in [4.78, 5) is 0.115. The number of benzene rings is 1. The Morgan fingerprint density at radius 3 is 2.76 bits per heavy atom. The Labute approximate surface area is 123 Å². The van der Waals surface area contributed by atoms with Crippen molar-refractivity contribution in [3.8, 4) is 0 Å². The molecule has 0 saturated carbocycles. The molecule has 0 fully saturated rings. The lowest BCUT2D eigenvalue weighted by Gasteiger charge is -2.10. The molecule has 2 aromatic rings. The minimum atomic E-state index is -3.66. The van der Waals surface area contributed by atoms with Crippen molar-refractivity contribution >= 4 is 10.0 Å². The molecule has 0 aliphatic rings. The summed E-state index contributed by atoms with van der Waals surface area (Å²) in [7, 11) is -3.66. The summed E-state index contributed by atoms with van der Waals surface area (Å²) in [6.07, 6.45) is -0.147. The molecule has 0 radical (unpaired) electrons. The first-order valence-corrected chi connectivity index (χ1v) is 8.10. The molecule has 1 aromatic carbocycles. The Hall–Kier alpha value is -1.70. The largest absolute Gasteiger partial charge is 0.388 e. The van der Waals surface area contributed by atoms with Gasteiger partial charge in [-0.3, -0.25) is 0 Å². The fraction of sp³-hybridized carbons (Fsp3) is 0.357. The van der Waals surface area contributed by atoms with Crippen molar-refractivity contribution in [3.63, 3.8) is 0 Å². The van der Waals surface area contributed by atoms with Crippen LogP contribution in [0.2, 0.25) is 0 Å². The normalized spacial score (nSPS) is 13.3. The van der Waals surface area contributed by atoms with Crippen LogP contribution in [0.5, 0.6) is 0 Å². The van der Waals surface area contributed by atoms with Crippen LogP contribution in [0.4, 0.5) is 0 Å². The average molecular weight is 310 g/mol. The number of hydrogen-bond donors (Lipinski definition) is 2. The summed E-state index contributed by atoms with van der Waals surface area (Å²) in [5.41, 5.74) is 1.27. The Morgan fingerprint density at radius 2 is 2.14 bits per heavy atom. The Balaban J connectivity index is 2.15. The number of nitrogens with zero attached hydrogens (tertiary/aromatic N) is 1. The standard InChI is InChI=1S/C14H18N2O4S/c1-3-14(17)11-5-4-6-13(8-11)21(18,19)15-9-12-7-10(2)16-20-12/h4-8,14-15,17H,3,9H2,1-2H3. The van der Waals surface area contributed by atoms with Crippen LogP contribution < -0.4 is 4.72 Å². The van der Waals surface area contributed by atoms with E-state index in [2.05, 4.69) is 9.88 Å².